The van der Waals surface area contributed by atoms with E-state index in [1.54, 1.807) is 12.1 Å². The summed E-state index contributed by atoms with van der Waals surface area (Å²) in [6.07, 6.45) is 5.64. The molecule has 1 N–H and O–H groups in total. The highest BCUT2D eigenvalue weighted by molar-refractivity contribution is 7.91. The molecule has 3 rings (SSSR count). The number of rotatable bonds is 0. The van der Waals surface area contributed by atoms with E-state index in [9.17, 15) is 8.42 Å². The van der Waals surface area contributed by atoms with Crippen molar-refractivity contribution >= 4 is 15.5 Å². The second-order valence-corrected chi connectivity index (χ2v) is 7.63. The Balaban J connectivity index is 2.02. The van der Waals surface area contributed by atoms with E-state index in [0.717, 1.165) is 37.9 Å². The number of anilines is 1. The molecular weight excluding hydrogens is 246 g/mol. The van der Waals surface area contributed by atoms with Crippen LogP contribution in [0.25, 0.3) is 0 Å². The van der Waals surface area contributed by atoms with Crippen molar-refractivity contribution < 1.29 is 8.42 Å². The average Bonchev–Trinajstić information content (AvgIpc) is 2.47. The van der Waals surface area contributed by atoms with Crippen LogP contribution < -0.4 is 5.32 Å². The first-order valence-corrected chi connectivity index (χ1v) is 8.32. The second-order valence-electron chi connectivity index (χ2n) is 5.67. The third kappa shape index (κ3) is 2.03. The molecule has 4 heteroatoms. The monoisotopic (exact) mass is 265 g/mol. The number of fused-ring (bicyclic) bond motifs is 1. The Kier molecular flexibility index (Phi) is 2.85. The molecule has 3 nitrogen and oxygen atoms in total. The highest BCUT2D eigenvalue weighted by Gasteiger charge is 2.40. The number of nitrogens with one attached hydrogen (secondary N) is 1. The third-order valence-corrected chi connectivity index (χ3v) is 6.30. The van der Waals surface area contributed by atoms with Crippen molar-refractivity contribution in [1.29, 1.82) is 0 Å². The lowest BCUT2D eigenvalue weighted by atomic mass is 9.75. The van der Waals surface area contributed by atoms with Crippen LogP contribution in [0.1, 0.15) is 32.1 Å². The van der Waals surface area contributed by atoms with Crippen LogP contribution in [-0.4, -0.2) is 20.7 Å². The molecule has 0 atom stereocenters. The SMILES string of the molecule is O=S1(=O)CC2(CCCCC2)CNc2ccccc21. The molecule has 1 heterocycles. The number of sulfone groups is 1. The Bertz CT molecular complexity index is 545. The molecule has 98 valence electrons. The Morgan fingerprint density at radius 2 is 1.78 bits per heavy atom. The fourth-order valence-electron chi connectivity index (χ4n) is 3.32. The molecule has 1 fully saturated rings. The summed E-state index contributed by atoms with van der Waals surface area (Å²) in [5.41, 5.74) is 0.732. The summed E-state index contributed by atoms with van der Waals surface area (Å²) in [5.74, 6) is 0.310. The van der Waals surface area contributed by atoms with Gasteiger partial charge in [-0.3, -0.25) is 0 Å². The molecule has 2 aliphatic rings. The third-order valence-electron chi connectivity index (χ3n) is 4.29. The molecule has 0 unspecified atom stereocenters. The number of benzene rings is 1. The van der Waals surface area contributed by atoms with Crippen molar-refractivity contribution in [3.05, 3.63) is 24.3 Å². The first kappa shape index (κ1) is 12.0. The van der Waals surface area contributed by atoms with E-state index in [2.05, 4.69) is 5.32 Å². The van der Waals surface area contributed by atoms with Gasteiger partial charge < -0.3 is 5.32 Å². The molecule has 0 bridgehead atoms. The van der Waals surface area contributed by atoms with Crippen LogP contribution in [0.5, 0.6) is 0 Å². The number of hydrogen-bond donors (Lipinski definition) is 1. The van der Waals surface area contributed by atoms with Gasteiger partial charge >= 0.3 is 0 Å². The van der Waals surface area contributed by atoms with Gasteiger partial charge in [-0.1, -0.05) is 31.4 Å². The van der Waals surface area contributed by atoms with E-state index < -0.39 is 9.84 Å². The molecule has 1 spiro atoms. The fraction of sp³-hybridized carbons (Fsp3) is 0.571. The lowest BCUT2D eigenvalue weighted by Crippen LogP contribution is -2.36. The summed E-state index contributed by atoms with van der Waals surface area (Å²) in [7, 11) is -3.15. The topological polar surface area (TPSA) is 46.2 Å². The first-order chi connectivity index (χ1) is 8.61. The van der Waals surface area contributed by atoms with Gasteiger partial charge in [0.15, 0.2) is 9.84 Å². The number of hydrogen-bond acceptors (Lipinski definition) is 3. The molecule has 1 aliphatic carbocycles. The zero-order valence-electron chi connectivity index (χ0n) is 10.5. The normalized spacial score (nSPS) is 24.9. The van der Waals surface area contributed by atoms with Crippen LogP contribution in [0.4, 0.5) is 5.69 Å². The van der Waals surface area contributed by atoms with Gasteiger partial charge in [0.1, 0.15) is 0 Å². The minimum atomic E-state index is -3.15. The standard InChI is InChI=1S/C14H19NO2S/c16-18(17)11-14(8-4-1-5-9-14)10-15-12-6-2-3-7-13(12)18/h2-3,6-7,15H,1,4-5,8-11H2. The van der Waals surface area contributed by atoms with Crippen LogP contribution >= 0.6 is 0 Å². The maximum absolute atomic E-state index is 12.5. The zero-order chi connectivity index (χ0) is 12.6. The Labute approximate surface area is 109 Å². The molecule has 0 saturated heterocycles. The van der Waals surface area contributed by atoms with E-state index in [-0.39, 0.29) is 5.41 Å². The minimum absolute atomic E-state index is 0.0455. The van der Waals surface area contributed by atoms with Crippen molar-refractivity contribution in [2.75, 3.05) is 17.6 Å². The van der Waals surface area contributed by atoms with Crippen molar-refractivity contribution in [3.63, 3.8) is 0 Å². The maximum Gasteiger partial charge on any atom is 0.181 e. The van der Waals surface area contributed by atoms with E-state index in [1.165, 1.54) is 6.42 Å². The summed E-state index contributed by atoms with van der Waals surface area (Å²) in [6.45, 7) is 0.795. The zero-order valence-corrected chi connectivity index (χ0v) is 11.3. The average molecular weight is 265 g/mol. The smallest absolute Gasteiger partial charge is 0.181 e. The van der Waals surface area contributed by atoms with E-state index in [0.29, 0.717) is 10.6 Å². The molecule has 1 saturated carbocycles. The van der Waals surface area contributed by atoms with E-state index in [1.807, 2.05) is 12.1 Å². The quantitative estimate of drug-likeness (QED) is 0.784. The van der Waals surface area contributed by atoms with Gasteiger partial charge in [0.25, 0.3) is 0 Å². The molecule has 1 aliphatic heterocycles. The maximum atomic E-state index is 12.5. The highest BCUT2D eigenvalue weighted by Crippen LogP contribution is 2.42. The fourth-order valence-corrected chi connectivity index (χ4v) is 5.43. The summed E-state index contributed by atoms with van der Waals surface area (Å²) in [6, 6.07) is 7.28. The van der Waals surface area contributed by atoms with Gasteiger partial charge in [-0.15, -0.1) is 0 Å². The molecule has 18 heavy (non-hydrogen) atoms. The van der Waals surface area contributed by atoms with Gasteiger partial charge in [-0.2, -0.15) is 0 Å². The summed E-state index contributed by atoms with van der Waals surface area (Å²) < 4.78 is 25.1. The molecule has 0 amide bonds. The lowest BCUT2D eigenvalue weighted by Gasteiger charge is -2.35. The van der Waals surface area contributed by atoms with Gasteiger partial charge in [0.2, 0.25) is 0 Å². The van der Waals surface area contributed by atoms with Crippen LogP contribution in [0.2, 0.25) is 0 Å². The van der Waals surface area contributed by atoms with Gasteiger partial charge in [-0.05, 0) is 25.0 Å². The van der Waals surface area contributed by atoms with Crippen LogP contribution in [0.3, 0.4) is 0 Å². The van der Waals surface area contributed by atoms with Crippen LogP contribution in [-0.2, 0) is 9.84 Å². The molecular formula is C14H19NO2S. The minimum Gasteiger partial charge on any atom is -0.383 e. The van der Waals surface area contributed by atoms with Crippen molar-refractivity contribution in [3.8, 4) is 0 Å². The number of para-hydroxylation sites is 1. The lowest BCUT2D eigenvalue weighted by molar-refractivity contribution is 0.237. The summed E-state index contributed by atoms with van der Waals surface area (Å²) in [5, 5.41) is 3.36. The molecule has 0 radical (unpaired) electrons. The van der Waals surface area contributed by atoms with Crippen LogP contribution in [0.15, 0.2) is 29.2 Å². The summed E-state index contributed by atoms with van der Waals surface area (Å²) >= 11 is 0. The molecule has 1 aromatic carbocycles. The van der Waals surface area contributed by atoms with Crippen molar-refractivity contribution in [2.45, 2.75) is 37.0 Å². The van der Waals surface area contributed by atoms with Gasteiger partial charge in [0.05, 0.1) is 16.3 Å². The van der Waals surface area contributed by atoms with Crippen LogP contribution in [0, 0.1) is 5.41 Å². The Morgan fingerprint density at radius 1 is 1.06 bits per heavy atom. The van der Waals surface area contributed by atoms with Crippen molar-refractivity contribution in [1.82, 2.24) is 0 Å². The second kappa shape index (κ2) is 4.26. The Morgan fingerprint density at radius 3 is 2.56 bits per heavy atom. The van der Waals surface area contributed by atoms with E-state index >= 15 is 0 Å². The molecule has 1 aromatic rings. The van der Waals surface area contributed by atoms with Crippen molar-refractivity contribution in [2.24, 2.45) is 5.41 Å². The predicted molar refractivity (Wildman–Crippen MR) is 72.5 cm³/mol. The predicted octanol–water partition coefficient (Wildman–Crippen LogP) is 2.84. The van der Waals surface area contributed by atoms with Gasteiger partial charge in [-0.25, -0.2) is 8.42 Å². The largest absolute Gasteiger partial charge is 0.383 e. The van der Waals surface area contributed by atoms with E-state index in [4.69, 9.17) is 0 Å². The Hall–Kier alpha value is -1.03. The van der Waals surface area contributed by atoms with Gasteiger partial charge in [0, 0.05) is 12.0 Å². The summed E-state index contributed by atoms with van der Waals surface area (Å²) in [4.78, 5) is 0.479. The first-order valence-electron chi connectivity index (χ1n) is 6.67. The molecule has 0 aromatic heterocycles. The highest BCUT2D eigenvalue weighted by atomic mass is 32.2.